The van der Waals surface area contributed by atoms with Crippen LogP contribution in [0.1, 0.15) is 10.4 Å². The number of likely N-dealkylation sites (N-methyl/N-ethyl adjacent to an activating group) is 1. The lowest BCUT2D eigenvalue weighted by molar-refractivity contribution is 0.0665. The number of nitrogens with zero attached hydrogens (tertiary/aromatic N) is 4. The summed E-state index contributed by atoms with van der Waals surface area (Å²) in [6.45, 7) is 2.90. The van der Waals surface area contributed by atoms with Gasteiger partial charge >= 0.3 is 0 Å². The fraction of sp³-hybridized carbons (Fsp3) is 0.444. The minimum Gasteiger partial charge on any atom is -0.494 e. The van der Waals surface area contributed by atoms with Gasteiger partial charge < -0.3 is 24.0 Å². The van der Waals surface area contributed by atoms with Crippen molar-refractivity contribution in [2.24, 2.45) is 0 Å². The van der Waals surface area contributed by atoms with Gasteiger partial charge in [0.25, 0.3) is 5.91 Å². The number of carbonyl (C=O) groups excluding carboxylic acids is 1. The quantitative estimate of drug-likeness (QED) is 0.828. The smallest absolute Gasteiger partial charge is 0.261 e. The maximum Gasteiger partial charge on any atom is 0.261 e. The maximum absolute atomic E-state index is 13.7. The van der Waals surface area contributed by atoms with Gasteiger partial charge in [0.05, 0.1) is 7.11 Å². The van der Waals surface area contributed by atoms with Crippen LogP contribution in [0, 0.1) is 5.82 Å². The molecule has 0 bridgehead atoms. The molecule has 2 aromatic rings. The summed E-state index contributed by atoms with van der Waals surface area (Å²) in [5, 5.41) is 4.06. The lowest BCUT2D eigenvalue weighted by Crippen LogP contribution is -2.47. The van der Waals surface area contributed by atoms with Crippen molar-refractivity contribution in [3.05, 3.63) is 29.6 Å². The third-order valence-corrected chi connectivity index (χ3v) is 4.52. The molecule has 0 saturated carbocycles. The molecule has 0 unspecified atom stereocenters. The lowest BCUT2D eigenvalue weighted by Gasteiger charge is -2.32. The second-order valence-corrected chi connectivity index (χ2v) is 6.55. The van der Waals surface area contributed by atoms with Crippen LogP contribution in [0.2, 0.25) is 0 Å². The number of anilines is 1. The summed E-state index contributed by atoms with van der Waals surface area (Å²) in [5.74, 6) is 0.239. The van der Waals surface area contributed by atoms with E-state index >= 15 is 0 Å². The predicted molar refractivity (Wildman–Crippen MR) is 96.2 cm³/mol. The number of ether oxygens (including phenoxy) is 1. The molecule has 2 heterocycles. The van der Waals surface area contributed by atoms with Gasteiger partial charge in [-0.1, -0.05) is 5.16 Å². The number of rotatable bonds is 4. The van der Waals surface area contributed by atoms with Gasteiger partial charge in [-0.3, -0.25) is 4.79 Å². The van der Waals surface area contributed by atoms with E-state index in [1.54, 1.807) is 30.0 Å². The summed E-state index contributed by atoms with van der Waals surface area (Å²) >= 11 is 0. The van der Waals surface area contributed by atoms with Gasteiger partial charge in [0, 0.05) is 45.8 Å². The van der Waals surface area contributed by atoms with Crippen molar-refractivity contribution in [1.82, 2.24) is 15.0 Å². The summed E-state index contributed by atoms with van der Waals surface area (Å²) in [4.78, 5) is 18.9. The fourth-order valence-electron chi connectivity index (χ4n) is 2.95. The van der Waals surface area contributed by atoms with Crippen molar-refractivity contribution >= 4 is 11.7 Å². The monoisotopic (exact) mass is 362 g/mol. The number of halogens is 1. The zero-order valence-electron chi connectivity index (χ0n) is 15.5. The Balaban J connectivity index is 2.03. The molecule has 8 heteroatoms. The number of hydrogen-bond acceptors (Lipinski definition) is 6. The van der Waals surface area contributed by atoms with Crippen LogP contribution in [0.3, 0.4) is 0 Å². The highest BCUT2D eigenvalue weighted by Crippen LogP contribution is 2.34. The van der Waals surface area contributed by atoms with E-state index in [1.165, 1.54) is 19.2 Å². The van der Waals surface area contributed by atoms with Gasteiger partial charge in [-0.15, -0.1) is 0 Å². The van der Waals surface area contributed by atoms with Crippen molar-refractivity contribution in [3.63, 3.8) is 0 Å². The zero-order chi connectivity index (χ0) is 18.8. The summed E-state index contributed by atoms with van der Waals surface area (Å²) in [6, 6.07) is 4.35. The first kappa shape index (κ1) is 18.2. The van der Waals surface area contributed by atoms with Crippen LogP contribution in [0.25, 0.3) is 11.3 Å². The highest BCUT2D eigenvalue weighted by molar-refractivity contribution is 6.04. The minimum absolute atomic E-state index is 0.0864. The molecule has 3 rings (SSSR count). The molecule has 0 aliphatic carbocycles. The number of methoxy groups -OCH3 is 1. The summed E-state index contributed by atoms with van der Waals surface area (Å²) in [5.41, 5.74) is 0.926. The first-order valence-corrected chi connectivity index (χ1v) is 8.41. The van der Waals surface area contributed by atoms with E-state index in [2.05, 4.69) is 10.1 Å². The summed E-state index contributed by atoms with van der Waals surface area (Å²) < 4.78 is 24.3. The number of aromatic nitrogens is 1. The summed E-state index contributed by atoms with van der Waals surface area (Å²) in [7, 11) is 7.02. The van der Waals surface area contributed by atoms with Crippen LogP contribution in [0.4, 0.5) is 10.2 Å². The second kappa shape index (κ2) is 7.33. The number of amides is 1. The van der Waals surface area contributed by atoms with Crippen molar-refractivity contribution in [1.29, 1.82) is 0 Å². The Labute approximate surface area is 151 Å². The highest BCUT2D eigenvalue weighted by Gasteiger charge is 2.30. The standard InChI is InChI=1S/C18H23FN4O3/c1-21(2)17-15(18(24)23-9-7-22(3)8-10-23)16(26-20-17)12-5-6-13(19)14(11-12)25-4/h5-6,11H,7-10H2,1-4H3. The Morgan fingerprint density at radius 3 is 2.58 bits per heavy atom. The average Bonchev–Trinajstić information content (AvgIpc) is 3.07. The molecule has 0 radical (unpaired) electrons. The molecule has 0 atom stereocenters. The molecule has 1 aromatic carbocycles. The molecule has 1 aromatic heterocycles. The molecule has 1 aliphatic heterocycles. The van der Waals surface area contributed by atoms with Crippen LogP contribution in [0.5, 0.6) is 5.75 Å². The van der Waals surface area contributed by atoms with Crippen LogP contribution in [-0.2, 0) is 0 Å². The average molecular weight is 362 g/mol. The van der Waals surface area contributed by atoms with Crippen LogP contribution >= 0.6 is 0 Å². The normalized spacial score (nSPS) is 15.2. The maximum atomic E-state index is 13.7. The van der Waals surface area contributed by atoms with E-state index in [9.17, 15) is 9.18 Å². The van der Waals surface area contributed by atoms with Crippen LogP contribution < -0.4 is 9.64 Å². The number of benzene rings is 1. The first-order chi connectivity index (χ1) is 12.4. The SMILES string of the molecule is COc1cc(-c2onc(N(C)C)c2C(=O)N2CCN(C)CC2)ccc1F. The van der Waals surface area contributed by atoms with Gasteiger partial charge in [0.2, 0.25) is 0 Å². The molecular formula is C18H23FN4O3. The van der Waals surface area contributed by atoms with E-state index in [0.29, 0.717) is 35.8 Å². The molecular weight excluding hydrogens is 339 g/mol. The Morgan fingerprint density at radius 2 is 1.96 bits per heavy atom. The Hall–Kier alpha value is -2.61. The molecule has 1 saturated heterocycles. The van der Waals surface area contributed by atoms with Gasteiger partial charge in [0.1, 0.15) is 5.56 Å². The van der Waals surface area contributed by atoms with Crippen molar-refractivity contribution in [2.75, 3.05) is 59.3 Å². The third kappa shape index (κ3) is 3.37. The molecule has 1 aliphatic rings. The van der Waals surface area contributed by atoms with Gasteiger partial charge in [-0.2, -0.15) is 0 Å². The fourth-order valence-corrected chi connectivity index (χ4v) is 2.95. The predicted octanol–water partition coefficient (Wildman–Crippen LogP) is 1.94. The van der Waals surface area contributed by atoms with E-state index in [4.69, 9.17) is 9.26 Å². The Morgan fingerprint density at radius 1 is 1.27 bits per heavy atom. The van der Waals surface area contributed by atoms with E-state index in [0.717, 1.165) is 13.1 Å². The molecule has 0 N–H and O–H groups in total. The molecule has 7 nitrogen and oxygen atoms in total. The Bertz CT molecular complexity index is 798. The second-order valence-electron chi connectivity index (χ2n) is 6.55. The number of carbonyl (C=O) groups is 1. The van der Waals surface area contributed by atoms with Crippen molar-refractivity contribution in [2.45, 2.75) is 0 Å². The molecule has 1 amide bonds. The minimum atomic E-state index is -0.476. The van der Waals surface area contributed by atoms with Gasteiger partial charge in [0.15, 0.2) is 23.1 Å². The highest BCUT2D eigenvalue weighted by atomic mass is 19.1. The zero-order valence-corrected chi connectivity index (χ0v) is 15.5. The third-order valence-electron chi connectivity index (χ3n) is 4.52. The molecule has 0 spiro atoms. The largest absolute Gasteiger partial charge is 0.494 e. The van der Waals surface area contributed by atoms with Gasteiger partial charge in [-0.25, -0.2) is 4.39 Å². The topological polar surface area (TPSA) is 62.1 Å². The van der Waals surface area contributed by atoms with E-state index in [-0.39, 0.29) is 11.7 Å². The van der Waals surface area contributed by atoms with Crippen molar-refractivity contribution in [3.8, 4) is 17.1 Å². The number of piperazine rings is 1. The molecule has 1 fully saturated rings. The summed E-state index contributed by atoms with van der Waals surface area (Å²) in [6.07, 6.45) is 0. The van der Waals surface area contributed by atoms with Crippen molar-refractivity contribution < 1.29 is 18.4 Å². The number of hydrogen-bond donors (Lipinski definition) is 0. The molecule has 140 valence electrons. The lowest BCUT2D eigenvalue weighted by atomic mass is 10.1. The van der Waals surface area contributed by atoms with E-state index in [1.807, 2.05) is 7.05 Å². The van der Waals surface area contributed by atoms with Crippen LogP contribution in [0.15, 0.2) is 22.7 Å². The van der Waals surface area contributed by atoms with Gasteiger partial charge in [-0.05, 0) is 25.2 Å². The Kier molecular flexibility index (Phi) is 5.13. The molecule has 26 heavy (non-hydrogen) atoms. The first-order valence-electron chi connectivity index (χ1n) is 8.41. The van der Waals surface area contributed by atoms with E-state index < -0.39 is 5.82 Å². The van der Waals surface area contributed by atoms with Crippen LogP contribution in [-0.4, -0.2) is 75.3 Å².